The van der Waals surface area contributed by atoms with E-state index in [1.54, 1.807) is 4.90 Å². The van der Waals surface area contributed by atoms with Crippen molar-refractivity contribution in [3.05, 3.63) is 59.7 Å². The number of fused-ring (bicyclic) bond motifs is 6. The molecule has 7 rings (SSSR count). The summed E-state index contributed by atoms with van der Waals surface area (Å²) in [6.07, 6.45) is 3.56. The summed E-state index contributed by atoms with van der Waals surface area (Å²) in [4.78, 5) is 39.4. The molecule has 7 nitrogen and oxygen atoms in total. The summed E-state index contributed by atoms with van der Waals surface area (Å²) >= 11 is 0. The number of hydrogen-bond acceptors (Lipinski definition) is 4. The molecule has 182 valence electrons. The van der Waals surface area contributed by atoms with E-state index in [0.29, 0.717) is 13.0 Å². The lowest BCUT2D eigenvalue weighted by Crippen LogP contribution is -2.58. The van der Waals surface area contributed by atoms with Crippen molar-refractivity contribution in [1.29, 1.82) is 0 Å². The molecule has 2 aliphatic heterocycles. The van der Waals surface area contributed by atoms with E-state index in [4.69, 9.17) is 4.74 Å². The van der Waals surface area contributed by atoms with E-state index >= 15 is 0 Å². The number of ether oxygens (including phenoxy) is 1. The Kier molecular flexibility index (Phi) is 5.31. The maximum Gasteiger partial charge on any atom is 0.407 e. The minimum atomic E-state index is -0.810. The van der Waals surface area contributed by atoms with Crippen LogP contribution in [-0.2, 0) is 14.3 Å². The fraction of sp³-hybridized carbons (Fsp3) is 0.464. The highest BCUT2D eigenvalue weighted by Gasteiger charge is 2.51. The average molecular weight is 475 g/mol. The van der Waals surface area contributed by atoms with Crippen LogP contribution in [0.4, 0.5) is 4.79 Å². The second kappa shape index (κ2) is 8.40. The number of carbonyl (C=O) groups is 3. The first-order valence-electron chi connectivity index (χ1n) is 12.6. The predicted octanol–water partition coefficient (Wildman–Crippen LogP) is 4.16. The van der Waals surface area contributed by atoms with Crippen LogP contribution in [-0.4, -0.2) is 52.7 Å². The van der Waals surface area contributed by atoms with Gasteiger partial charge in [-0.1, -0.05) is 48.5 Å². The minimum absolute atomic E-state index is 0.0122. The first kappa shape index (κ1) is 22.1. The summed E-state index contributed by atoms with van der Waals surface area (Å²) in [5, 5.41) is 12.5. The number of amides is 2. The van der Waals surface area contributed by atoms with Crippen molar-refractivity contribution >= 4 is 18.0 Å². The van der Waals surface area contributed by atoms with Crippen molar-refractivity contribution in [1.82, 2.24) is 10.2 Å². The number of piperidine rings is 2. The molecule has 3 atom stereocenters. The Hall–Kier alpha value is -3.35. The summed E-state index contributed by atoms with van der Waals surface area (Å²) in [6, 6.07) is 16.2. The summed E-state index contributed by atoms with van der Waals surface area (Å²) in [5.74, 6) is -1.09. The fourth-order valence-electron chi connectivity index (χ4n) is 6.49. The first-order chi connectivity index (χ1) is 16.9. The number of alkyl carbamates (subject to hydrolysis) is 1. The molecule has 5 aliphatic rings. The number of nitrogens with one attached hydrogen (secondary N) is 1. The molecule has 0 aromatic heterocycles. The van der Waals surface area contributed by atoms with Crippen molar-refractivity contribution in [2.75, 3.05) is 13.2 Å². The zero-order chi connectivity index (χ0) is 24.2. The van der Waals surface area contributed by atoms with Gasteiger partial charge in [0.25, 0.3) is 0 Å². The molecule has 2 saturated heterocycles. The van der Waals surface area contributed by atoms with Gasteiger partial charge in [-0.05, 0) is 60.3 Å². The molecule has 35 heavy (non-hydrogen) atoms. The van der Waals surface area contributed by atoms with Crippen LogP contribution in [0.1, 0.15) is 55.6 Å². The van der Waals surface area contributed by atoms with Gasteiger partial charge in [-0.3, -0.25) is 9.59 Å². The van der Waals surface area contributed by atoms with Crippen LogP contribution in [0.5, 0.6) is 0 Å². The molecule has 2 aromatic carbocycles. The highest BCUT2D eigenvalue weighted by atomic mass is 16.5. The van der Waals surface area contributed by atoms with Crippen molar-refractivity contribution in [3.63, 3.8) is 0 Å². The molecule has 2 amide bonds. The monoisotopic (exact) mass is 474 g/mol. The van der Waals surface area contributed by atoms with E-state index in [2.05, 4.69) is 29.6 Å². The SMILES string of the molecule is O=C(NC1(CC(=O)N2CC3CCC2C(C(=O)O)C3)CC1)OCC1c2ccccc2-c2ccccc21. The molecular weight excluding hydrogens is 444 g/mol. The quantitative estimate of drug-likeness (QED) is 0.656. The molecule has 3 unspecified atom stereocenters. The van der Waals surface area contributed by atoms with E-state index in [1.165, 1.54) is 11.1 Å². The number of benzene rings is 2. The van der Waals surface area contributed by atoms with Gasteiger partial charge in [0.2, 0.25) is 5.91 Å². The van der Waals surface area contributed by atoms with Gasteiger partial charge < -0.3 is 20.1 Å². The average Bonchev–Trinajstić information content (AvgIpc) is 3.54. The molecule has 3 aliphatic carbocycles. The normalized spacial score (nSPS) is 25.5. The van der Waals surface area contributed by atoms with E-state index in [9.17, 15) is 19.5 Å². The van der Waals surface area contributed by atoms with Crippen LogP contribution < -0.4 is 5.32 Å². The van der Waals surface area contributed by atoms with Gasteiger partial charge in [0, 0.05) is 18.5 Å². The lowest BCUT2D eigenvalue weighted by atomic mass is 9.72. The van der Waals surface area contributed by atoms with Crippen molar-refractivity contribution in [2.24, 2.45) is 11.8 Å². The molecule has 4 fully saturated rings. The van der Waals surface area contributed by atoms with Gasteiger partial charge in [-0.2, -0.15) is 0 Å². The third-order valence-electron chi connectivity index (χ3n) is 8.47. The molecule has 0 spiro atoms. The summed E-state index contributed by atoms with van der Waals surface area (Å²) in [5.41, 5.74) is 4.10. The van der Waals surface area contributed by atoms with Crippen LogP contribution in [0.15, 0.2) is 48.5 Å². The third kappa shape index (κ3) is 3.97. The van der Waals surface area contributed by atoms with Gasteiger partial charge in [0.05, 0.1) is 17.9 Å². The second-order valence-electron chi connectivity index (χ2n) is 10.6. The molecule has 7 heteroatoms. The fourth-order valence-corrected chi connectivity index (χ4v) is 6.49. The van der Waals surface area contributed by atoms with Gasteiger partial charge >= 0.3 is 12.1 Å². The number of nitrogens with zero attached hydrogens (tertiary/aromatic N) is 1. The zero-order valence-electron chi connectivity index (χ0n) is 19.6. The topological polar surface area (TPSA) is 95.9 Å². The molecule has 2 N–H and O–H groups in total. The first-order valence-corrected chi connectivity index (χ1v) is 12.6. The van der Waals surface area contributed by atoms with Gasteiger partial charge in [0.1, 0.15) is 6.61 Å². The predicted molar refractivity (Wildman–Crippen MR) is 129 cm³/mol. The van der Waals surface area contributed by atoms with Crippen LogP contribution in [0.3, 0.4) is 0 Å². The summed E-state index contributed by atoms with van der Waals surface area (Å²) in [6.45, 7) is 0.869. The maximum atomic E-state index is 13.2. The molecule has 2 bridgehead atoms. The zero-order valence-corrected chi connectivity index (χ0v) is 19.6. The third-order valence-corrected chi connectivity index (χ3v) is 8.47. The highest BCUT2D eigenvalue weighted by molar-refractivity contribution is 5.82. The van der Waals surface area contributed by atoms with Gasteiger partial charge in [-0.15, -0.1) is 0 Å². The van der Waals surface area contributed by atoms with Gasteiger partial charge in [-0.25, -0.2) is 4.79 Å². The summed E-state index contributed by atoms with van der Waals surface area (Å²) < 4.78 is 5.69. The molecule has 2 saturated carbocycles. The number of carboxylic acids is 1. The molecule has 2 heterocycles. The number of carboxylic acid groups (broad SMARTS) is 1. The van der Waals surface area contributed by atoms with Crippen LogP contribution in [0, 0.1) is 11.8 Å². The number of hydrogen-bond donors (Lipinski definition) is 2. The molecule has 2 aromatic rings. The van der Waals surface area contributed by atoms with Crippen molar-refractivity contribution in [2.45, 2.75) is 56.0 Å². The van der Waals surface area contributed by atoms with Crippen LogP contribution in [0.2, 0.25) is 0 Å². The number of carbonyl (C=O) groups excluding carboxylic acids is 2. The standard InChI is InChI=1S/C28H30N2O5/c31-25(30-15-17-9-10-24(30)22(13-17)26(32)33)14-28(11-12-28)29-27(34)35-16-23-20-7-3-1-5-18(20)19-6-2-4-8-21(19)23/h1-8,17,22-24H,9-16H2,(H,29,34)(H,32,33). The molecule has 0 radical (unpaired) electrons. The van der Waals surface area contributed by atoms with E-state index in [0.717, 1.165) is 36.8 Å². The Morgan fingerprint density at radius 2 is 1.66 bits per heavy atom. The van der Waals surface area contributed by atoms with Crippen molar-refractivity contribution < 1.29 is 24.2 Å². The van der Waals surface area contributed by atoms with Gasteiger partial charge in [0.15, 0.2) is 0 Å². The van der Waals surface area contributed by atoms with Crippen LogP contribution in [0.25, 0.3) is 11.1 Å². The van der Waals surface area contributed by atoms with E-state index in [-0.39, 0.29) is 36.8 Å². The smallest absolute Gasteiger partial charge is 0.407 e. The lowest BCUT2D eigenvalue weighted by molar-refractivity contribution is -0.155. The second-order valence-corrected chi connectivity index (χ2v) is 10.6. The Labute approximate surface area is 204 Å². The Morgan fingerprint density at radius 1 is 1.00 bits per heavy atom. The number of rotatable bonds is 6. The summed E-state index contributed by atoms with van der Waals surface area (Å²) in [7, 11) is 0. The largest absolute Gasteiger partial charge is 0.481 e. The Bertz CT molecular complexity index is 1140. The minimum Gasteiger partial charge on any atom is -0.481 e. The Balaban J connectivity index is 1.08. The highest BCUT2D eigenvalue weighted by Crippen LogP contribution is 2.45. The Morgan fingerprint density at radius 3 is 2.26 bits per heavy atom. The lowest BCUT2D eigenvalue weighted by Gasteiger charge is -2.48. The number of aliphatic carboxylic acids is 1. The van der Waals surface area contributed by atoms with Crippen molar-refractivity contribution in [3.8, 4) is 11.1 Å². The van der Waals surface area contributed by atoms with Crippen LogP contribution >= 0.6 is 0 Å². The maximum absolute atomic E-state index is 13.2. The van der Waals surface area contributed by atoms with E-state index in [1.807, 2.05) is 24.3 Å². The molecular formula is C28H30N2O5. The van der Waals surface area contributed by atoms with E-state index < -0.39 is 23.5 Å².